The van der Waals surface area contributed by atoms with Crippen molar-refractivity contribution in [3.63, 3.8) is 0 Å². The van der Waals surface area contributed by atoms with Gasteiger partial charge in [-0.1, -0.05) is 13.3 Å². The van der Waals surface area contributed by atoms with Crippen molar-refractivity contribution >= 4 is 0 Å². The van der Waals surface area contributed by atoms with Crippen LogP contribution in [0.2, 0.25) is 0 Å². The summed E-state index contributed by atoms with van der Waals surface area (Å²) in [5.41, 5.74) is 0. The van der Waals surface area contributed by atoms with Gasteiger partial charge in [0.05, 0.1) is 6.61 Å². The minimum absolute atomic E-state index is 0.671. The van der Waals surface area contributed by atoms with E-state index >= 15 is 0 Å². The number of unbranched alkanes of at least 4 members (excludes halogenated alkanes) is 1. The van der Waals surface area contributed by atoms with Crippen molar-refractivity contribution in [1.29, 1.82) is 0 Å². The van der Waals surface area contributed by atoms with Crippen LogP contribution in [-0.2, 0) is 4.74 Å². The third-order valence-electron chi connectivity index (χ3n) is 2.85. The van der Waals surface area contributed by atoms with Crippen LogP contribution >= 0.6 is 0 Å². The SMILES string of the molecule is CCCNC(C)CCCCN(C)CCOC. The normalized spacial score (nSPS) is 13.3. The maximum absolute atomic E-state index is 5.05. The Morgan fingerprint density at radius 2 is 2.00 bits per heavy atom. The summed E-state index contributed by atoms with van der Waals surface area (Å²) in [6.07, 6.45) is 5.12. The Hall–Kier alpha value is -0.120. The summed E-state index contributed by atoms with van der Waals surface area (Å²) in [6.45, 7) is 8.71. The molecule has 1 N–H and O–H groups in total. The van der Waals surface area contributed by atoms with Gasteiger partial charge in [0.2, 0.25) is 0 Å². The van der Waals surface area contributed by atoms with E-state index < -0.39 is 0 Å². The topological polar surface area (TPSA) is 24.5 Å². The molecule has 0 aromatic carbocycles. The first-order valence-corrected chi connectivity index (χ1v) is 6.61. The molecule has 0 rings (SSSR count). The van der Waals surface area contributed by atoms with Gasteiger partial charge < -0.3 is 15.0 Å². The van der Waals surface area contributed by atoms with E-state index in [1.165, 1.54) is 32.2 Å². The van der Waals surface area contributed by atoms with E-state index in [2.05, 4.69) is 31.1 Å². The summed E-state index contributed by atoms with van der Waals surface area (Å²) in [6, 6.07) is 0.671. The van der Waals surface area contributed by atoms with Gasteiger partial charge in [-0.25, -0.2) is 0 Å². The van der Waals surface area contributed by atoms with Crippen molar-refractivity contribution in [1.82, 2.24) is 10.2 Å². The number of ether oxygens (including phenoxy) is 1. The molecule has 0 heterocycles. The Labute approximate surface area is 102 Å². The van der Waals surface area contributed by atoms with Gasteiger partial charge in [-0.2, -0.15) is 0 Å². The minimum Gasteiger partial charge on any atom is -0.383 e. The number of nitrogens with one attached hydrogen (secondary N) is 1. The molecule has 0 spiro atoms. The molecule has 0 aromatic rings. The average molecular weight is 230 g/mol. The molecular weight excluding hydrogens is 200 g/mol. The van der Waals surface area contributed by atoms with Gasteiger partial charge in [-0.05, 0) is 46.3 Å². The standard InChI is InChI=1S/C13H30N2O/c1-5-9-14-13(2)8-6-7-10-15(3)11-12-16-4/h13-14H,5-12H2,1-4H3. The summed E-state index contributed by atoms with van der Waals surface area (Å²) in [5, 5.41) is 3.52. The summed E-state index contributed by atoms with van der Waals surface area (Å²) in [4.78, 5) is 2.34. The third-order valence-corrected chi connectivity index (χ3v) is 2.85. The summed E-state index contributed by atoms with van der Waals surface area (Å²) >= 11 is 0. The van der Waals surface area contributed by atoms with Gasteiger partial charge in [0, 0.05) is 19.7 Å². The van der Waals surface area contributed by atoms with Crippen LogP contribution in [0, 0.1) is 0 Å². The van der Waals surface area contributed by atoms with Gasteiger partial charge >= 0.3 is 0 Å². The lowest BCUT2D eigenvalue weighted by atomic mass is 10.1. The minimum atomic E-state index is 0.671. The summed E-state index contributed by atoms with van der Waals surface area (Å²) in [5.74, 6) is 0. The molecule has 16 heavy (non-hydrogen) atoms. The van der Waals surface area contributed by atoms with E-state index in [4.69, 9.17) is 4.74 Å². The molecule has 0 aromatic heterocycles. The van der Waals surface area contributed by atoms with Gasteiger partial charge in [-0.15, -0.1) is 0 Å². The quantitative estimate of drug-likeness (QED) is 0.550. The number of nitrogens with zero attached hydrogens (tertiary/aromatic N) is 1. The molecule has 1 unspecified atom stereocenters. The Morgan fingerprint density at radius 3 is 2.62 bits per heavy atom. The zero-order chi connectivity index (χ0) is 12.2. The van der Waals surface area contributed by atoms with E-state index in [9.17, 15) is 0 Å². The van der Waals surface area contributed by atoms with Gasteiger partial charge in [0.15, 0.2) is 0 Å². The second kappa shape index (κ2) is 11.4. The summed E-state index contributed by atoms with van der Waals surface area (Å²) in [7, 11) is 3.92. The first-order chi connectivity index (χ1) is 7.70. The van der Waals surface area contributed by atoms with Crippen molar-refractivity contribution in [2.75, 3.05) is 40.4 Å². The van der Waals surface area contributed by atoms with Crippen LogP contribution in [0.1, 0.15) is 39.5 Å². The van der Waals surface area contributed by atoms with Gasteiger partial charge in [0.1, 0.15) is 0 Å². The molecule has 0 amide bonds. The Kier molecular flexibility index (Phi) is 11.3. The fourth-order valence-electron chi connectivity index (χ4n) is 1.68. The maximum atomic E-state index is 5.05. The highest BCUT2D eigenvalue weighted by Crippen LogP contribution is 2.01. The van der Waals surface area contributed by atoms with Crippen LogP contribution in [0.25, 0.3) is 0 Å². The first-order valence-electron chi connectivity index (χ1n) is 6.61. The highest BCUT2D eigenvalue weighted by molar-refractivity contribution is 4.61. The van der Waals surface area contributed by atoms with E-state index in [0.717, 1.165) is 19.7 Å². The van der Waals surface area contributed by atoms with Crippen molar-refractivity contribution < 1.29 is 4.74 Å². The third kappa shape index (κ3) is 10.4. The van der Waals surface area contributed by atoms with Crippen LogP contribution in [0.5, 0.6) is 0 Å². The fraction of sp³-hybridized carbons (Fsp3) is 1.00. The highest BCUT2D eigenvalue weighted by atomic mass is 16.5. The molecule has 0 saturated carbocycles. The smallest absolute Gasteiger partial charge is 0.0589 e. The maximum Gasteiger partial charge on any atom is 0.0589 e. The van der Waals surface area contributed by atoms with Crippen molar-refractivity contribution in [2.24, 2.45) is 0 Å². The Morgan fingerprint density at radius 1 is 1.25 bits per heavy atom. The van der Waals surface area contributed by atoms with Gasteiger partial charge in [-0.3, -0.25) is 0 Å². The van der Waals surface area contributed by atoms with E-state index in [0.29, 0.717) is 6.04 Å². The molecule has 0 radical (unpaired) electrons. The second-order valence-electron chi connectivity index (χ2n) is 4.65. The summed E-state index contributed by atoms with van der Waals surface area (Å²) < 4.78 is 5.05. The predicted molar refractivity (Wildman–Crippen MR) is 71.0 cm³/mol. The Bertz CT molecular complexity index is 126. The molecule has 0 aliphatic heterocycles. The number of methoxy groups -OCH3 is 1. The van der Waals surface area contributed by atoms with Crippen LogP contribution in [0.15, 0.2) is 0 Å². The molecule has 3 heteroatoms. The fourth-order valence-corrected chi connectivity index (χ4v) is 1.68. The molecule has 0 aliphatic carbocycles. The molecule has 3 nitrogen and oxygen atoms in total. The monoisotopic (exact) mass is 230 g/mol. The van der Waals surface area contributed by atoms with Crippen molar-refractivity contribution in [3.8, 4) is 0 Å². The second-order valence-corrected chi connectivity index (χ2v) is 4.65. The number of hydrogen-bond acceptors (Lipinski definition) is 3. The van der Waals surface area contributed by atoms with Crippen LogP contribution in [0.4, 0.5) is 0 Å². The molecule has 0 bridgehead atoms. The molecular formula is C13H30N2O. The van der Waals surface area contributed by atoms with Crippen molar-refractivity contribution in [2.45, 2.75) is 45.6 Å². The van der Waals surface area contributed by atoms with E-state index in [1.54, 1.807) is 7.11 Å². The number of likely N-dealkylation sites (N-methyl/N-ethyl adjacent to an activating group) is 1. The lowest BCUT2D eigenvalue weighted by Crippen LogP contribution is -2.27. The number of hydrogen-bond donors (Lipinski definition) is 1. The molecule has 0 saturated heterocycles. The van der Waals surface area contributed by atoms with E-state index in [-0.39, 0.29) is 0 Å². The molecule has 0 aliphatic rings. The van der Waals surface area contributed by atoms with Crippen LogP contribution in [-0.4, -0.2) is 51.3 Å². The molecule has 1 atom stereocenters. The highest BCUT2D eigenvalue weighted by Gasteiger charge is 2.01. The Balaban J connectivity index is 3.24. The molecule has 0 fully saturated rings. The average Bonchev–Trinajstić information content (AvgIpc) is 2.29. The molecule has 98 valence electrons. The lowest BCUT2D eigenvalue weighted by Gasteiger charge is -2.17. The van der Waals surface area contributed by atoms with Crippen molar-refractivity contribution in [3.05, 3.63) is 0 Å². The predicted octanol–water partition coefficient (Wildman–Crippen LogP) is 2.12. The largest absolute Gasteiger partial charge is 0.383 e. The van der Waals surface area contributed by atoms with Crippen LogP contribution < -0.4 is 5.32 Å². The zero-order valence-electron chi connectivity index (χ0n) is 11.6. The van der Waals surface area contributed by atoms with Crippen LogP contribution in [0.3, 0.4) is 0 Å². The van der Waals surface area contributed by atoms with E-state index in [1.807, 2.05) is 0 Å². The van der Waals surface area contributed by atoms with Gasteiger partial charge in [0.25, 0.3) is 0 Å². The first kappa shape index (κ1) is 15.9. The zero-order valence-corrected chi connectivity index (χ0v) is 11.6. The lowest BCUT2D eigenvalue weighted by molar-refractivity contribution is 0.160. The number of rotatable bonds is 11.